The van der Waals surface area contributed by atoms with Crippen molar-refractivity contribution in [2.75, 3.05) is 17.6 Å². The Morgan fingerprint density at radius 2 is 2.10 bits per heavy atom. The number of nitrogens with one attached hydrogen (secondary N) is 1. The molecule has 1 aliphatic carbocycles. The number of nitrogens with zero attached hydrogens (tertiary/aromatic N) is 3. The molecule has 1 saturated carbocycles. The molecule has 0 aliphatic heterocycles. The van der Waals surface area contributed by atoms with Crippen molar-refractivity contribution in [3.05, 3.63) is 41.9 Å². The van der Waals surface area contributed by atoms with Gasteiger partial charge in [0.1, 0.15) is 5.82 Å². The summed E-state index contributed by atoms with van der Waals surface area (Å²) in [5.41, 5.74) is 13.7. The predicted octanol–water partition coefficient (Wildman–Crippen LogP) is 1.31. The molecule has 2 aromatic rings. The maximum absolute atomic E-state index is 5.83. The van der Waals surface area contributed by atoms with Crippen molar-refractivity contribution in [3.63, 3.8) is 0 Å². The van der Waals surface area contributed by atoms with E-state index < -0.39 is 0 Å². The van der Waals surface area contributed by atoms with Gasteiger partial charge in [-0.15, -0.1) is 0 Å². The molecule has 2 heterocycles. The van der Waals surface area contributed by atoms with Gasteiger partial charge in [0.05, 0.1) is 5.69 Å². The first-order valence-corrected chi connectivity index (χ1v) is 7.24. The summed E-state index contributed by atoms with van der Waals surface area (Å²) in [4.78, 5) is 12.8. The fraction of sp³-hybridized carbons (Fsp3) is 0.400. The van der Waals surface area contributed by atoms with Crippen molar-refractivity contribution in [1.29, 1.82) is 0 Å². The number of pyridine rings is 1. The maximum atomic E-state index is 5.83. The lowest BCUT2D eigenvalue weighted by Crippen LogP contribution is -2.35. The highest BCUT2D eigenvalue weighted by Crippen LogP contribution is 2.35. The summed E-state index contributed by atoms with van der Waals surface area (Å²) in [6.45, 7) is 0.761. The van der Waals surface area contributed by atoms with Crippen molar-refractivity contribution in [1.82, 2.24) is 15.0 Å². The monoisotopic (exact) mass is 284 g/mol. The molecule has 0 bridgehead atoms. The van der Waals surface area contributed by atoms with Gasteiger partial charge >= 0.3 is 0 Å². The maximum Gasteiger partial charge on any atom is 0.222 e. The number of anilines is 2. The van der Waals surface area contributed by atoms with Gasteiger partial charge in [-0.25, -0.2) is 4.98 Å². The minimum atomic E-state index is 0.298. The number of nitrogens with two attached hydrogens (primary N) is 2. The van der Waals surface area contributed by atoms with E-state index in [0.29, 0.717) is 17.9 Å². The Balaban J connectivity index is 1.60. The first-order valence-electron chi connectivity index (χ1n) is 7.24. The number of hydrogen-bond acceptors (Lipinski definition) is 6. The van der Waals surface area contributed by atoms with Crippen LogP contribution in [0.25, 0.3) is 0 Å². The van der Waals surface area contributed by atoms with E-state index in [2.05, 4.69) is 20.3 Å². The van der Waals surface area contributed by atoms with Crippen molar-refractivity contribution in [3.8, 4) is 0 Å². The van der Waals surface area contributed by atoms with Crippen LogP contribution in [0.15, 0.2) is 30.5 Å². The van der Waals surface area contributed by atoms with Crippen molar-refractivity contribution < 1.29 is 0 Å². The molecule has 0 unspecified atom stereocenters. The van der Waals surface area contributed by atoms with E-state index in [4.69, 9.17) is 11.5 Å². The molecule has 1 fully saturated rings. The van der Waals surface area contributed by atoms with E-state index >= 15 is 0 Å². The van der Waals surface area contributed by atoms with Gasteiger partial charge in [0.2, 0.25) is 5.95 Å². The molecule has 5 N–H and O–H groups in total. The first-order chi connectivity index (χ1) is 10.2. The summed E-state index contributed by atoms with van der Waals surface area (Å²) < 4.78 is 0. The summed E-state index contributed by atoms with van der Waals surface area (Å²) in [6, 6.07) is 8.19. The molecular weight excluding hydrogens is 264 g/mol. The molecule has 6 heteroatoms. The number of hydrogen-bond donors (Lipinski definition) is 3. The Labute approximate surface area is 124 Å². The lowest BCUT2D eigenvalue weighted by atomic mass is 9.78. The summed E-state index contributed by atoms with van der Waals surface area (Å²) in [5, 5.41) is 3.29. The summed E-state index contributed by atoms with van der Waals surface area (Å²) in [5.74, 6) is 1.50. The van der Waals surface area contributed by atoms with Crippen LogP contribution in [0.2, 0.25) is 0 Å². The standard InChI is InChI=1S/C15H20N6/c16-11-7-10(8-11)13-9-14(21-15(17)20-13)19-6-4-12-3-1-2-5-18-12/h1-3,5,9-11H,4,6-8,16H2,(H3,17,19,20,21). The molecule has 110 valence electrons. The molecule has 0 saturated heterocycles. The van der Waals surface area contributed by atoms with Crippen LogP contribution in [-0.2, 0) is 6.42 Å². The SMILES string of the molecule is Nc1nc(NCCc2ccccn2)cc(C2CC(N)C2)n1. The van der Waals surface area contributed by atoms with E-state index in [1.165, 1.54) is 0 Å². The zero-order chi connectivity index (χ0) is 14.7. The van der Waals surface area contributed by atoms with Crippen LogP contribution in [0.5, 0.6) is 0 Å². The highest BCUT2D eigenvalue weighted by atomic mass is 15.1. The van der Waals surface area contributed by atoms with E-state index in [1.54, 1.807) is 6.20 Å². The fourth-order valence-corrected chi connectivity index (χ4v) is 2.55. The Morgan fingerprint density at radius 1 is 1.24 bits per heavy atom. The average molecular weight is 284 g/mol. The fourth-order valence-electron chi connectivity index (χ4n) is 2.55. The molecule has 0 amide bonds. The molecule has 0 radical (unpaired) electrons. The molecular formula is C15H20N6. The van der Waals surface area contributed by atoms with Crippen molar-refractivity contribution >= 4 is 11.8 Å². The Bertz CT molecular complexity index is 594. The highest BCUT2D eigenvalue weighted by molar-refractivity contribution is 5.42. The van der Waals surface area contributed by atoms with Gasteiger partial charge in [0, 0.05) is 42.9 Å². The Morgan fingerprint density at radius 3 is 2.81 bits per heavy atom. The van der Waals surface area contributed by atoms with Gasteiger partial charge in [-0.3, -0.25) is 4.98 Å². The molecule has 1 aliphatic rings. The third-order valence-corrected chi connectivity index (χ3v) is 3.77. The number of rotatable bonds is 5. The summed E-state index contributed by atoms with van der Waals surface area (Å²) in [6.07, 6.45) is 4.60. The molecule has 0 atom stereocenters. The van der Waals surface area contributed by atoms with E-state index in [1.807, 2.05) is 24.3 Å². The molecule has 3 rings (SSSR count). The van der Waals surface area contributed by atoms with Gasteiger partial charge in [0.25, 0.3) is 0 Å². The van der Waals surface area contributed by atoms with Crippen LogP contribution < -0.4 is 16.8 Å². The summed E-state index contributed by atoms with van der Waals surface area (Å²) >= 11 is 0. The second-order valence-electron chi connectivity index (χ2n) is 5.46. The Hall–Kier alpha value is -2.21. The van der Waals surface area contributed by atoms with Crippen LogP contribution in [-0.4, -0.2) is 27.5 Å². The predicted molar refractivity (Wildman–Crippen MR) is 82.8 cm³/mol. The van der Waals surface area contributed by atoms with Crippen molar-refractivity contribution in [2.45, 2.75) is 31.2 Å². The first kappa shape index (κ1) is 13.8. The van der Waals surface area contributed by atoms with Gasteiger partial charge in [-0.05, 0) is 25.0 Å². The third-order valence-electron chi connectivity index (χ3n) is 3.77. The lowest BCUT2D eigenvalue weighted by molar-refractivity contribution is 0.345. The van der Waals surface area contributed by atoms with Crippen LogP contribution >= 0.6 is 0 Å². The van der Waals surface area contributed by atoms with Gasteiger partial charge in [0.15, 0.2) is 0 Å². The largest absolute Gasteiger partial charge is 0.370 e. The Kier molecular flexibility index (Phi) is 3.96. The smallest absolute Gasteiger partial charge is 0.222 e. The quantitative estimate of drug-likeness (QED) is 0.765. The molecule has 0 spiro atoms. The van der Waals surface area contributed by atoms with Crippen LogP contribution in [0.1, 0.15) is 30.1 Å². The number of nitrogen functional groups attached to an aromatic ring is 1. The van der Waals surface area contributed by atoms with E-state index in [0.717, 1.165) is 43.0 Å². The van der Waals surface area contributed by atoms with Crippen LogP contribution in [0.4, 0.5) is 11.8 Å². The zero-order valence-corrected chi connectivity index (χ0v) is 11.9. The minimum absolute atomic E-state index is 0.298. The normalized spacial score (nSPS) is 20.8. The molecule has 0 aromatic carbocycles. The molecule has 21 heavy (non-hydrogen) atoms. The van der Waals surface area contributed by atoms with E-state index in [-0.39, 0.29) is 0 Å². The second-order valence-corrected chi connectivity index (χ2v) is 5.46. The molecule has 6 nitrogen and oxygen atoms in total. The van der Waals surface area contributed by atoms with Crippen LogP contribution in [0, 0.1) is 0 Å². The topological polar surface area (TPSA) is 103 Å². The van der Waals surface area contributed by atoms with Crippen molar-refractivity contribution in [2.24, 2.45) is 5.73 Å². The zero-order valence-electron chi connectivity index (χ0n) is 11.9. The van der Waals surface area contributed by atoms with Crippen LogP contribution in [0.3, 0.4) is 0 Å². The average Bonchev–Trinajstić information content (AvgIpc) is 2.44. The second kappa shape index (κ2) is 6.05. The van der Waals surface area contributed by atoms with E-state index in [9.17, 15) is 0 Å². The molecule has 2 aromatic heterocycles. The van der Waals surface area contributed by atoms with Gasteiger partial charge in [-0.1, -0.05) is 6.07 Å². The third kappa shape index (κ3) is 3.46. The highest BCUT2D eigenvalue weighted by Gasteiger charge is 2.29. The van der Waals surface area contributed by atoms with Gasteiger partial charge < -0.3 is 16.8 Å². The minimum Gasteiger partial charge on any atom is -0.370 e. The lowest BCUT2D eigenvalue weighted by Gasteiger charge is -2.32. The van der Waals surface area contributed by atoms with Gasteiger partial charge in [-0.2, -0.15) is 4.98 Å². The summed E-state index contributed by atoms with van der Waals surface area (Å²) in [7, 11) is 0. The number of aromatic nitrogens is 3.